The van der Waals surface area contributed by atoms with Gasteiger partial charge in [-0.25, -0.2) is 0 Å². The molecule has 5 heteroatoms. The third kappa shape index (κ3) is 3.28. The Morgan fingerprint density at radius 2 is 2.00 bits per heavy atom. The molecule has 0 spiro atoms. The summed E-state index contributed by atoms with van der Waals surface area (Å²) in [5.74, 6) is 0. The first-order valence-electron chi connectivity index (χ1n) is 6.56. The highest BCUT2D eigenvalue weighted by atomic mass is 19.4. The van der Waals surface area contributed by atoms with Crippen LogP contribution >= 0.6 is 0 Å². The molecule has 2 N–H and O–H groups in total. The van der Waals surface area contributed by atoms with E-state index in [0.717, 1.165) is 11.1 Å². The van der Waals surface area contributed by atoms with Crippen LogP contribution in [-0.2, 0) is 6.42 Å². The predicted molar refractivity (Wildman–Crippen MR) is 68.8 cm³/mol. The molecule has 0 heterocycles. The van der Waals surface area contributed by atoms with Crippen LogP contribution in [0.5, 0.6) is 0 Å². The number of nitrogens with two attached hydrogens (primary N) is 1. The van der Waals surface area contributed by atoms with Crippen LogP contribution in [-0.4, -0.2) is 30.2 Å². The van der Waals surface area contributed by atoms with E-state index >= 15 is 0 Å². The minimum absolute atomic E-state index is 0.251. The van der Waals surface area contributed by atoms with Gasteiger partial charge in [-0.1, -0.05) is 31.2 Å². The maximum absolute atomic E-state index is 12.7. The van der Waals surface area contributed by atoms with Crippen LogP contribution in [0.4, 0.5) is 13.2 Å². The van der Waals surface area contributed by atoms with E-state index in [2.05, 4.69) is 0 Å². The summed E-state index contributed by atoms with van der Waals surface area (Å²) in [6.07, 6.45) is -2.88. The van der Waals surface area contributed by atoms with Crippen LogP contribution in [0.15, 0.2) is 24.3 Å². The maximum atomic E-state index is 12.7. The molecule has 19 heavy (non-hydrogen) atoms. The van der Waals surface area contributed by atoms with Gasteiger partial charge in [-0.2, -0.15) is 13.2 Å². The van der Waals surface area contributed by atoms with Crippen LogP contribution in [0.2, 0.25) is 0 Å². The molecule has 0 radical (unpaired) electrons. The SMILES string of the molecule is CCCN(CC(F)(F)F)C1Cc2ccccc2C1N. The molecule has 106 valence electrons. The van der Waals surface area contributed by atoms with Gasteiger partial charge in [0.25, 0.3) is 0 Å². The van der Waals surface area contributed by atoms with E-state index in [0.29, 0.717) is 19.4 Å². The van der Waals surface area contributed by atoms with Gasteiger partial charge in [0.1, 0.15) is 0 Å². The molecule has 2 rings (SSSR count). The van der Waals surface area contributed by atoms with Crippen LogP contribution in [0.25, 0.3) is 0 Å². The molecule has 0 aromatic heterocycles. The molecular weight excluding hydrogens is 253 g/mol. The monoisotopic (exact) mass is 272 g/mol. The number of fused-ring (bicyclic) bond motifs is 1. The summed E-state index contributed by atoms with van der Waals surface area (Å²) < 4.78 is 38.0. The summed E-state index contributed by atoms with van der Waals surface area (Å²) in [7, 11) is 0. The average Bonchev–Trinajstić information content (AvgIpc) is 2.65. The van der Waals surface area contributed by atoms with Crippen molar-refractivity contribution in [2.24, 2.45) is 5.73 Å². The number of hydrogen-bond acceptors (Lipinski definition) is 2. The van der Waals surface area contributed by atoms with Crippen molar-refractivity contribution < 1.29 is 13.2 Å². The Hall–Kier alpha value is -1.07. The molecule has 2 atom stereocenters. The summed E-state index contributed by atoms with van der Waals surface area (Å²) in [6.45, 7) is 1.43. The minimum atomic E-state index is -4.18. The largest absolute Gasteiger partial charge is 0.401 e. The number of nitrogens with zero attached hydrogens (tertiary/aromatic N) is 1. The molecular formula is C14H19F3N2. The van der Waals surface area contributed by atoms with E-state index in [1.54, 1.807) is 0 Å². The predicted octanol–water partition coefficient (Wildman–Crippen LogP) is 2.89. The second-order valence-corrected chi connectivity index (χ2v) is 5.08. The number of benzene rings is 1. The fourth-order valence-electron chi connectivity index (χ4n) is 2.84. The number of alkyl halides is 3. The Kier molecular flexibility index (Phi) is 4.16. The summed E-state index contributed by atoms with van der Waals surface area (Å²) in [5.41, 5.74) is 8.19. The lowest BCUT2D eigenvalue weighted by Gasteiger charge is -2.32. The van der Waals surface area contributed by atoms with Crippen molar-refractivity contribution in [2.75, 3.05) is 13.1 Å². The highest BCUT2D eigenvalue weighted by molar-refractivity contribution is 5.36. The molecule has 0 fully saturated rings. The Bertz CT molecular complexity index is 431. The smallest absolute Gasteiger partial charge is 0.323 e. The first-order chi connectivity index (χ1) is 8.92. The molecule has 0 saturated heterocycles. The topological polar surface area (TPSA) is 29.3 Å². The molecule has 2 nitrogen and oxygen atoms in total. The lowest BCUT2D eigenvalue weighted by molar-refractivity contribution is -0.151. The van der Waals surface area contributed by atoms with Gasteiger partial charge in [-0.3, -0.25) is 4.90 Å². The van der Waals surface area contributed by atoms with Gasteiger partial charge in [0.15, 0.2) is 0 Å². The molecule has 0 amide bonds. The minimum Gasteiger partial charge on any atom is -0.323 e. The standard InChI is InChI=1S/C14H19F3N2/c1-2-7-19(9-14(15,16)17)12-8-10-5-3-4-6-11(10)13(12)18/h3-6,12-13H,2,7-9,18H2,1H3. The molecule has 1 aromatic carbocycles. The van der Waals surface area contributed by atoms with Crippen LogP contribution in [0.1, 0.15) is 30.5 Å². The van der Waals surface area contributed by atoms with Gasteiger partial charge >= 0.3 is 6.18 Å². The van der Waals surface area contributed by atoms with E-state index in [4.69, 9.17) is 5.73 Å². The first-order valence-corrected chi connectivity index (χ1v) is 6.56. The fraction of sp³-hybridized carbons (Fsp3) is 0.571. The van der Waals surface area contributed by atoms with Crippen molar-refractivity contribution in [1.29, 1.82) is 0 Å². The summed E-state index contributed by atoms with van der Waals surface area (Å²) in [6, 6.07) is 7.07. The van der Waals surface area contributed by atoms with Crippen molar-refractivity contribution in [2.45, 2.75) is 38.0 Å². The van der Waals surface area contributed by atoms with Crippen molar-refractivity contribution in [3.8, 4) is 0 Å². The van der Waals surface area contributed by atoms with Crippen LogP contribution < -0.4 is 5.73 Å². The van der Waals surface area contributed by atoms with E-state index in [1.165, 1.54) is 4.90 Å². The Balaban J connectivity index is 2.16. The highest BCUT2D eigenvalue weighted by Crippen LogP contribution is 2.34. The maximum Gasteiger partial charge on any atom is 0.401 e. The average molecular weight is 272 g/mol. The zero-order valence-corrected chi connectivity index (χ0v) is 11.0. The van der Waals surface area contributed by atoms with E-state index in [1.807, 2.05) is 31.2 Å². The fourth-order valence-corrected chi connectivity index (χ4v) is 2.84. The highest BCUT2D eigenvalue weighted by Gasteiger charge is 2.39. The normalized spacial score (nSPS) is 22.8. The third-order valence-corrected chi connectivity index (χ3v) is 3.62. The second kappa shape index (κ2) is 5.51. The molecule has 0 bridgehead atoms. The van der Waals surface area contributed by atoms with Gasteiger partial charge < -0.3 is 5.73 Å². The van der Waals surface area contributed by atoms with Gasteiger partial charge in [0.05, 0.1) is 6.54 Å². The second-order valence-electron chi connectivity index (χ2n) is 5.08. The number of rotatable bonds is 4. The van der Waals surface area contributed by atoms with Crippen molar-refractivity contribution in [3.05, 3.63) is 35.4 Å². The first kappa shape index (κ1) is 14.3. The Morgan fingerprint density at radius 1 is 1.32 bits per heavy atom. The van der Waals surface area contributed by atoms with Gasteiger partial charge in [0.2, 0.25) is 0 Å². The van der Waals surface area contributed by atoms with Crippen molar-refractivity contribution in [3.63, 3.8) is 0 Å². The number of halogens is 3. The molecule has 1 aliphatic rings. The summed E-state index contributed by atoms with van der Waals surface area (Å²) >= 11 is 0. The Morgan fingerprint density at radius 3 is 2.58 bits per heavy atom. The molecule has 1 aromatic rings. The lowest BCUT2D eigenvalue weighted by Crippen LogP contribution is -2.46. The van der Waals surface area contributed by atoms with E-state index < -0.39 is 12.7 Å². The zero-order chi connectivity index (χ0) is 14.0. The lowest BCUT2D eigenvalue weighted by atomic mass is 10.1. The van der Waals surface area contributed by atoms with Crippen molar-refractivity contribution in [1.82, 2.24) is 4.90 Å². The molecule has 1 aliphatic carbocycles. The van der Waals surface area contributed by atoms with Gasteiger partial charge in [-0.15, -0.1) is 0 Å². The number of hydrogen-bond donors (Lipinski definition) is 1. The third-order valence-electron chi connectivity index (χ3n) is 3.62. The zero-order valence-electron chi connectivity index (χ0n) is 11.0. The molecule has 0 saturated carbocycles. The Labute approximate surface area is 111 Å². The van der Waals surface area contributed by atoms with E-state index in [-0.39, 0.29) is 12.1 Å². The van der Waals surface area contributed by atoms with Gasteiger partial charge in [-0.05, 0) is 30.5 Å². The van der Waals surface area contributed by atoms with Crippen LogP contribution in [0.3, 0.4) is 0 Å². The van der Waals surface area contributed by atoms with Gasteiger partial charge in [0, 0.05) is 12.1 Å². The quantitative estimate of drug-likeness (QED) is 0.913. The summed E-state index contributed by atoms with van der Waals surface area (Å²) in [4.78, 5) is 1.48. The summed E-state index contributed by atoms with van der Waals surface area (Å²) in [5, 5.41) is 0. The van der Waals surface area contributed by atoms with E-state index in [9.17, 15) is 13.2 Å². The molecule has 0 aliphatic heterocycles. The molecule has 2 unspecified atom stereocenters. The van der Waals surface area contributed by atoms with Crippen LogP contribution in [0, 0.1) is 0 Å². The van der Waals surface area contributed by atoms with Crippen molar-refractivity contribution >= 4 is 0 Å².